The molecule has 1 unspecified atom stereocenters. The van der Waals surface area contributed by atoms with Gasteiger partial charge in [-0.15, -0.1) is 0 Å². The molecule has 152 valence electrons. The minimum absolute atomic E-state index is 0.0411. The van der Waals surface area contributed by atoms with Crippen LogP contribution in [-0.4, -0.2) is 28.3 Å². The average Bonchev–Trinajstić information content (AvgIpc) is 3.27. The molecule has 1 saturated heterocycles. The first-order valence-electron chi connectivity index (χ1n) is 10.9. The topological polar surface area (TPSA) is 55.6 Å². The van der Waals surface area contributed by atoms with Gasteiger partial charge in [0, 0.05) is 18.5 Å². The first kappa shape index (κ1) is 20.2. The molecule has 2 fully saturated rings. The summed E-state index contributed by atoms with van der Waals surface area (Å²) in [4.78, 5) is 14.4. The summed E-state index contributed by atoms with van der Waals surface area (Å²) in [5.41, 5.74) is 0.606. The summed E-state index contributed by atoms with van der Waals surface area (Å²) in [6.45, 7) is 6.44. The van der Waals surface area contributed by atoms with Gasteiger partial charge < -0.3 is 9.26 Å². The molecule has 1 aliphatic heterocycles. The smallest absolute Gasteiger partial charge is 0.410 e. The Hall–Kier alpha value is -1.52. The SMILES string of the molecule is CC(C)(C)OC(=O)N1CCCC1c1cc(C2CCCCCCCCC2)no1. The predicted molar refractivity (Wildman–Crippen MR) is 106 cm³/mol. The van der Waals surface area contributed by atoms with Crippen LogP contribution >= 0.6 is 0 Å². The van der Waals surface area contributed by atoms with Crippen LogP contribution in [0.4, 0.5) is 4.79 Å². The summed E-state index contributed by atoms with van der Waals surface area (Å²) in [5, 5.41) is 4.43. The molecule has 0 N–H and O–H groups in total. The molecule has 0 aromatic carbocycles. The number of hydrogen-bond acceptors (Lipinski definition) is 4. The first-order valence-corrected chi connectivity index (χ1v) is 10.9. The molecule has 0 radical (unpaired) electrons. The van der Waals surface area contributed by atoms with Gasteiger partial charge in [-0.1, -0.05) is 50.1 Å². The van der Waals surface area contributed by atoms with Crippen molar-refractivity contribution in [3.63, 3.8) is 0 Å². The second kappa shape index (κ2) is 9.11. The summed E-state index contributed by atoms with van der Waals surface area (Å²) >= 11 is 0. The van der Waals surface area contributed by atoms with E-state index in [2.05, 4.69) is 11.2 Å². The maximum atomic E-state index is 12.5. The van der Waals surface area contributed by atoms with Crippen molar-refractivity contribution in [1.29, 1.82) is 0 Å². The number of likely N-dealkylation sites (tertiary alicyclic amines) is 1. The van der Waals surface area contributed by atoms with Gasteiger partial charge in [-0.25, -0.2) is 4.79 Å². The predicted octanol–water partition coefficient (Wildman–Crippen LogP) is 6.35. The van der Waals surface area contributed by atoms with Crippen molar-refractivity contribution in [2.45, 2.75) is 109 Å². The number of nitrogens with zero attached hydrogens (tertiary/aromatic N) is 2. The molecule has 3 rings (SSSR count). The van der Waals surface area contributed by atoms with E-state index in [1.165, 1.54) is 57.8 Å². The van der Waals surface area contributed by atoms with Crippen molar-refractivity contribution < 1.29 is 14.1 Å². The standard InChI is InChI=1S/C22H36N2O3/c1-22(2,3)26-21(25)24-15-11-14-19(24)20-16-18(23-27-20)17-12-9-7-5-4-6-8-10-13-17/h16-17,19H,4-15H2,1-3H3. The highest BCUT2D eigenvalue weighted by Crippen LogP contribution is 2.36. The number of carbonyl (C=O) groups is 1. The molecule has 1 amide bonds. The average molecular weight is 377 g/mol. The minimum atomic E-state index is -0.479. The van der Waals surface area contributed by atoms with E-state index in [0.717, 1.165) is 30.8 Å². The van der Waals surface area contributed by atoms with Crippen molar-refractivity contribution in [1.82, 2.24) is 10.1 Å². The van der Waals surface area contributed by atoms with Crippen molar-refractivity contribution in [2.75, 3.05) is 6.54 Å². The Balaban J connectivity index is 1.67. The Morgan fingerprint density at radius 3 is 2.30 bits per heavy atom. The van der Waals surface area contributed by atoms with Gasteiger partial charge >= 0.3 is 6.09 Å². The van der Waals surface area contributed by atoms with E-state index >= 15 is 0 Å². The van der Waals surface area contributed by atoms with Crippen molar-refractivity contribution >= 4 is 6.09 Å². The molecule has 0 bridgehead atoms. The highest BCUT2D eigenvalue weighted by molar-refractivity contribution is 5.69. The molecule has 1 aromatic rings. The Labute approximate surface area is 163 Å². The first-order chi connectivity index (χ1) is 12.9. The Morgan fingerprint density at radius 2 is 1.67 bits per heavy atom. The second-order valence-electron chi connectivity index (χ2n) is 9.24. The molecule has 0 spiro atoms. The van der Waals surface area contributed by atoms with Gasteiger partial charge in [0.05, 0.1) is 11.7 Å². The molecule has 27 heavy (non-hydrogen) atoms. The summed E-state index contributed by atoms with van der Waals surface area (Å²) in [6, 6.07) is 2.07. The number of aromatic nitrogens is 1. The van der Waals surface area contributed by atoms with Gasteiger partial charge in [0.15, 0.2) is 5.76 Å². The maximum absolute atomic E-state index is 12.5. The third-order valence-electron chi connectivity index (χ3n) is 5.78. The molecule has 1 atom stereocenters. The molecule has 1 saturated carbocycles. The van der Waals surface area contributed by atoms with Crippen LogP contribution in [-0.2, 0) is 4.74 Å². The Bertz CT molecular complexity index is 595. The number of amides is 1. The lowest BCUT2D eigenvalue weighted by Gasteiger charge is -2.27. The number of carbonyl (C=O) groups excluding carboxylic acids is 1. The quantitative estimate of drug-likeness (QED) is 0.603. The van der Waals surface area contributed by atoms with E-state index in [4.69, 9.17) is 9.26 Å². The molecule has 1 aliphatic carbocycles. The summed E-state index contributed by atoms with van der Waals surface area (Å²) in [5.74, 6) is 1.32. The largest absolute Gasteiger partial charge is 0.444 e. The van der Waals surface area contributed by atoms with Crippen LogP contribution in [0.15, 0.2) is 10.6 Å². The minimum Gasteiger partial charge on any atom is -0.444 e. The second-order valence-corrected chi connectivity index (χ2v) is 9.24. The van der Waals surface area contributed by atoms with Gasteiger partial charge in [-0.2, -0.15) is 0 Å². The fourth-order valence-electron chi connectivity index (χ4n) is 4.36. The van der Waals surface area contributed by atoms with E-state index in [0.29, 0.717) is 5.92 Å². The third kappa shape index (κ3) is 5.73. The van der Waals surface area contributed by atoms with Crippen LogP contribution in [0, 0.1) is 0 Å². The zero-order valence-corrected chi connectivity index (χ0v) is 17.3. The van der Waals surface area contributed by atoms with Crippen LogP contribution in [0.3, 0.4) is 0 Å². The Kier molecular flexibility index (Phi) is 6.83. The number of hydrogen-bond donors (Lipinski definition) is 0. The van der Waals surface area contributed by atoms with Crippen LogP contribution in [0.1, 0.15) is 115 Å². The summed E-state index contributed by atoms with van der Waals surface area (Å²) in [6.07, 6.45) is 13.4. The van der Waals surface area contributed by atoms with Crippen molar-refractivity contribution in [3.8, 4) is 0 Å². The van der Waals surface area contributed by atoms with Crippen LogP contribution < -0.4 is 0 Å². The third-order valence-corrected chi connectivity index (χ3v) is 5.78. The van der Waals surface area contributed by atoms with Gasteiger partial charge in [-0.3, -0.25) is 4.90 Å². The Morgan fingerprint density at radius 1 is 1.04 bits per heavy atom. The van der Waals surface area contributed by atoms with Crippen LogP contribution in [0.2, 0.25) is 0 Å². The fraction of sp³-hybridized carbons (Fsp3) is 0.818. The highest BCUT2D eigenvalue weighted by atomic mass is 16.6. The molecule has 1 aromatic heterocycles. The fourth-order valence-corrected chi connectivity index (χ4v) is 4.36. The van der Waals surface area contributed by atoms with E-state index in [9.17, 15) is 4.79 Å². The maximum Gasteiger partial charge on any atom is 0.410 e. The van der Waals surface area contributed by atoms with Gasteiger partial charge in [0.2, 0.25) is 0 Å². The van der Waals surface area contributed by atoms with E-state index in [-0.39, 0.29) is 12.1 Å². The zero-order chi connectivity index (χ0) is 19.3. The molecule has 2 heterocycles. The lowest BCUT2D eigenvalue weighted by Crippen LogP contribution is -2.36. The zero-order valence-electron chi connectivity index (χ0n) is 17.3. The molecular formula is C22H36N2O3. The summed E-state index contributed by atoms with van der Waals surface area (Å²) < 4.78 is 11.3. The lowest BCUT2D eigenvalue weighted by atomic mass is 9.89. The van der Waals surface area contributed by atoms with Gasteiger partial charge in [0.1, 0.15) is 5.60 Å². The van der Waals surface area contributed by atoms with E-state index < -0.39 is 5.60 Å². The normalized spacial score (nSPS) is 23.4. The highest BCUT2D eigenvalue weighted by Gasteiger charge is 2.35. The van der Waals surface area contributed by atoms with Gasteiger partial charge in [0.25, 0.3) is 0 Å². The van der Waals surface area contributed by atoms with Crippen molar-refractivity contribution in [2.24, 2.45) is 0 Å². The van der Waals surface area contributed by atoms with E-state index in [1.807, 2.05) is 25.7 Å². The molecule has 5 heteroatoms. The number of rotatable bonds is 2. The molecule has 5 nitrogen and oxygen atoms in total. The monoisotopic (exact) mass is 376 g/mol. The van der Waals surface area contributed by atoms with Crippen molar-refractivity contribution in [3.05, 3.63) is 17.5 Å². The molecule has 2 aliphatic rings. The van der Waals surface area contributed by atoms with Crippen LogP contribution in [0.25, 0.3) is 0 Å². The molecular weight excluding hydrogens is 340 g/mol. The number of ether oxygens (including phenoxy) is 1. The van der Waals surface area contributed by atoms with E-state index in [1.54, 1.807) is 0 Å². The lowest BCUT2D eigenvalue weighted by molar-refractivity contribution is 0.0204. The van der Waals surface area contributed by atoms with Crippen LogP contribution in [0.5, 0.6) is 0 Å². The van der Waals surface area contributed by atoms with Gasteiger partial charge in [-0.05, 0) is 46.5 Å². The summed E-state index contributed by atoms with van der Waals surface area (Å²) in [7, 11) is 0.